The molecule has 4 rings (SSSR count). The highest BCUT2D eigenvalue weighted by Gasteiger charge is 2.24. The van der Waals surface area contributed by atoms with E-state index in [1.165, 1.54) is 6.07 Å². The van der Waals surface area contributed by atoms with E-state index >= 15 is 0 Å². The van der Waals surface area contributed by atoms with Gasteiger partial charge in [-0.2, -0.15) is 5.10 Å². The second kappa shape index (κ2) is 8.18. The predicted molar refractivity (Wildman–Crippen MR) is 100 cm³/mol. The molecule has 7 heteroatoms. The summed E-state index contributed by atoms with van der Waals surface area (Å²) in [6.45, 7) is 1.94. The Morgan fingerprint density at radius 2 is 2.15 bits per heavy atom. The highest BCUT2D eigenvalue weighted by atomic mass is 35.5. The lowest BCUT2D eigenvalue weighted by Crippen LogP contribution is -2.33. The number of hydrogen-bond acceptors (Lipinski definition) is 3. The van der Waals surface area contributed by atoms with Gasteiger partial charge in [0.1, 0.15) is 11.5 Å². The summed E-state index contributed by atoms with van der Waals surface area (Å²) < 4.78 is 15.3. The molecule has 2 atom stereocenters. The van der Waals surface area contributed by atoms with E-state index in [4.69, 9.17) is 0 Å². The van der Waals surface area contributed by atoms with Crippen LogP contribution in [-0.4, -0.2) is 28.8 Å². The summed E-state index contributed by atoms with van der Waals surface area (Å²) in [4.78, 5) is 12.6. The zero-order chi connectivity index (χ0) is 17.2. The molecule has 0 radical (unpaired) electrons. The van der Waals surface area contributed by atoms with Crippen LogP contribution in [0.4, 0.5) is 4.39 Å². The molecule has 5 nitrogen and oxygen atoms in total. The first-order valence-corrected chi connectivity index (χ1v) is 9.06. The van der Waals surface area contributed by atoms with Crippen LogP contribution in [0, 0.1) is 5.82 Å². The summed E-state index contributed by atoms with van der Waals surface area (Å²) in [5.41, 5.74) is 2.46. The molecular formula is C19H24ClFN4O. The van der Waals surface area contributed by atoms with Gasteiger partial charge in [-0.15, -0.1) is 12.4 Å². The lowest BCUT2D eigenvalue weighted by Gasteiger charge is -2.26. The summed E-state index contributed by atoms with van der Waals surface area (Å²) in [5.74, 6) is -0.379. The molecule has 2 aliphatic rings. The van der Waals surface area contributed by atoms with Crippen LogP contribution in [0.3, 0.4) is 0 Å². The number of carbonyl (C=O) groups excluding carboxylic acids is 1. The number of aryl methyl sites for hydroxylation is 1. The maximum atomic E-state index is 13.4. The molecule has 1 fully saturated rings. The molecule has 2 unspecified atom stereocenters. The van der Waals surface area contributed by atoms with Crippen molar-refractivity contribution in [2.75, 3.05) is 13.1 Å². The zero-order valence-electron chi connectivity index (χ0n) is 14.6. The van der Waals surface area contributed by atoms with Crippen molar-refractivity contribution in [1.82, 2.24) is 20.4 Å². The molecule has 1 saturated heterocycles. The lowest BCUT2D eigenvalue weighted by molar-refractivity contribution is 0.0926. The van der Waals surface area contributed by atoms with Crippen molar-refractivity contribution in [3.8, 4) is 0 Å². The lowest BCUT2D eigenvalue weighted by atomic mass is 9.87. The number of halogens is 2. The number of benzene rings is 1. The highest BCUT2D eigenvalue weighted by molar-refractivity contribution is 5.92. The normalized spacial score (nSPS) is 22.2. The van der Waals surface area contributed by atoms with Gasteiger partial charge in [-0.05, 0) is 68.0 Å². The second-order valence-electron chi connectivity index (χ2n) is 6.94. The van der Waals surface area contributed by atoms with Crippen molar-refractivity contribution in [2.24, 2.45) is 0 Å². The Bertz CT molecular complexity index is 773. The summed E-state index contributed by atoms with van der Waals surface area (Å²) in [6, 6.07) is 6.86. The van der Waals surface area contributed by atoms with Crippen LogP contribution in [0.5, 0.6) is 0 Å². The average Bonchev–Trinajstić information content (AvgIpc) is 3.13. The van der Waals surface area contributed by atoms with Gasteiger partial charge in [0, 0.05) is 12.7 Å². The van der Waals surface area contributed by atoms with Crippen molar-refractivity contribution in [3.63, 3.8) is 0 Å². The van der Waals surface area contributed by atoms with Gasteiger partial charge in [-0.3, -0.25) is 9.48 Å². The van der Waals surface area contributed by atoms with Crippen LogP contribution in [0.15, 0.2) is 30.5 Å². The third-order valence-corrected chi connectivity index (χ3v) is 5.21. The molecule has 0 spiro atoms. The number of nitrogens with zero attached hydrogens (tertiary/aromatic N) is 2. The monoisotopic (exact) mass is 378 g/mol. The summed E-state index contributed by atoms with van der Waals surface area (Å²) in [5, 5.41) is 10.9. The summed E-state index contributed by atoms with van der Waals surface area (Å²) in [6.07, 6.45) is 6.78. The maximum Gasteiger partial charge on any atom is 0.272 e. The Morgan fingerprint density at radius 1 is 1.27 bits per heavy atom. The molecule has 26 heavy (non-hydrogen) atoms. The molecule has 2 heterocycles. The van der Waals surface area contributed by atoms with E-state index in [1.54, 1.807) is 18.2 Å². The van der Waals surface area contributed by atoms with Crippen molar-refractivity contribution in [1.29, 1.82) is 0 Å². The maximum absolute atomic E-state index is 13.4. The van der Waals surface area contributed by atoms with Crippen LogP contribution >= 0.6 is 12.4 Å². The molecule has 1 aliphatic heterocycles. The third-order valence-electron chi connectivity index (χ3n) is 5.21. The Hall–Kier alpha value is -1.92. The van der Waals surface area contributed by atoms with E-state index < -0.39 is 0 Å². The first-order valence-electron chi connectivity index (χ1n) is 9.06. The zero-order valence-corrected chi connectivity index (χ0v) is 15.4. The van der Waals surface area contributed by atoms with Gasteiger partial charge >= 0.3 is 0 Å². The topological polar surface area (TPSA) is 59.0 Å². The van der Waals surface area contributed by atoms with Crippen LogP contribution < -0.4 is 10.6 Å². The smallest absolute Gasteiger partial charge is 0.272 e. The van der Waals surface area contributed by atoms with Crippen LogP contribution in [0.1, 0.15) is 59.4 Å². The number of fused-ring (bicyclic) bond motifs is 1. The largest absolute Gasteiger partial charge is 0.344 e. The molecule has 2 aromatic rings. The van der Waals surface area contributed by atoms with Gasteiger partial charge in [0.05, 0.1) is 12.1 Å². The summed E-state index contributed by atoms with van der Waals surface area (Å²) >= 11 is 0. The minimum atomic E-state index is -0.217. The molecule has 1 aromatic carbocycles. The molecule has 2 N–H and O–H groups in total. The molecule has 1 aromatic heterocycles. The molecule has 0 saturated carbocycles. The van der Waals surface area contributed by atoms with Crippen molar-refractivity contribution >= 4 is 18.3 Å². The van der Waals surface area contributed by atoms with E-state index in [-0.39, 0.29) is 30.2 Å². The standard InChI is InChI=1S/C19H23FN4O.ClH/c20-14-6-7-16-13(11-14)3-1-5-17(16)22-19(25)18-8-10-24(23-18)15-4-2-9-21-12-15;/h6-8,10-11,15,17,21H,1-5,9,12H2,(H,22,25);1H. The number of rotatable bonds is 3. The van der Waals surface area contributed by atoms with E-state index in [1.807, 2.05) is 10.9 Å². The Balaban J connectivity index is 0.00000196. The fraction of sp³-hybridized carbons (Fsp3) is 0.474. The van der Waals surface area contributed by atoms with E-state index in [0.717, 1.165) is 56.3 Å². The number of piperidine rings is 1. The fourth-order valence-corrected chi connectivity index (χ4v) is 3.89. The Kier molecular flexibility index (Phi) is 5.94. The molecular weight excluding hydrogens is 355 g/mol. The number of nitrogens with one attached hydrogen (secondary N) is 2. The minimum absolute atomic E-state index is 0. The quantitative estimate of drug-likeness (QED) is 0.862. The minimum Gasteiger partial charge on any atom is -0.344 e. The van der Waals surface area contributed by atoms with Crippen molar-refractivity contribution < 1.29 is 9.18 Å². The van der Waals surface area contributed by atoms with Crippen LogP contribution in [0.25, 0.3) is 0 Å². The predicted octanol–water partition coefficient (Wildman–Crippen LogP) is 3.18. The van der Waals surface area contributed by atoms with E-state index in [0.29, 0.717) is 11.7 Å². The van der Waals surface area contributed by atoms with Crippen molar-refractivity contribution in [3.05, 3.63) is 53.1 Å². The van der Waals surface area contributed by atoms with Gasteiger partial charge in [0.25, 0.3) is 5.91 Å². The Morgan fingerprint density at radius 3 is 2.96 bits per heavy atom. The number of aromatic nitrogens is 2. The molecule has 1 amide bonds. The van der Waals surface area contributed by atoms with Gasteiger partial charge in [-0.1, -0.05) is 6.07 Å². The number of carbonyl (C=O) groups is 1. The SMILES string of the molecule is Cl.O=C(NC1CCCc2cc(F)ccc21)c1ccn(C2CCCNC2)n1. The summed E-state index contributed by atoms with van der Waals surface area (Å²) in [7, 11) is 0. The van der Waals surface area contributed by atoms with Crippen molar-refractivity contribution in [2.45, 2.75) is 44.2 Å². The van der Waals surface area contributed by atoms with Crippen LogP contribution in [0.2, 0.25) is 0 Å². The second-order valence-corrected chi connectivity index (χ2v) is 6.94. The highest BCUT2D eigenvalue weighted by Crippen LogP contribution is 2.30. The fourth-order valence-electron chi connectivity index (χ4n) is 3.89. The number of amides is 1. The van der Waals surface area contributed by atoms with E-state index in [9.17, 15) is 9.18 Å². The van der Waals surface area contributed by atoms with E-state index in [2.05, 4.69) is 15.7 Å². The van der Waals surface area contributed by atoms with Crippen LogP contribution in [-0.2, 0) is 6.42 Å². The number of hydrogen-bond donors (Lipinski definition) is 2. The first kappa shape index (κ1) is 18.9. The first-order chi connectivity index (χ1) is 12.2. The third kappa shape index (κ3) is 3.91. The van der Waals surface area contributed by atoms with Gasteiger partial charge in [0.15, 0.2) is 0 Å². The van der Waals surface area contributed by atoms with Gasteiger partial charge in [0.2, 0.25) is 0 Å². The molecule has 0 bridgehead atoms. The molecule has 140 valence electrons. The van der Waals surface area contributed by atoms with Gasteiger partial charge in [-0.25, -0.2) is 4.39 Å². The Labute approximate surface area is 158 Å². The average molecular weight is 379 g/mol. The van der Waals surface area contributed by atoms with Gasteiger partial charge < -0.3 is 10.6 Å². The molecule has 1 aliphatic carbocycles.